The minimum Gasteiger partial charge on any atom is -0.356 e. The highest BCUT2D eigenvalue weighted by Gasteiger charge is 2.28. The first kappa shape index (κ1) is 36.4. The van der Waals surface area contributed by atoms with Crippen molar-refractivity contribution in [2.24, 2.45) is 5.92 Å². The van der Waals surface area contributed by atoms with Gasteiger partial charge in [0.15, 0.2) is 0 Å². The van der Waals surface area contributed by atoms with Crippen LogP contribution < -0.4 is 0 Å². The molecule has 39 heavy (non-hydrogen) atoms. The van der Waals surface area contributed by atoms with Crippen molar-refractivity contribution < 1.29 is 0 Å². The number of hydrogen-bond donors (Lipinski definition) is 0. The zero-order chi connectivity index (χ0) is 28.2. The van der Waals surface area contributed by atoms with Gasteiger partial charge in [-0.25, -0.2) is 0 Å². The zero-order valence-corrected chi connectivity index (χ0v) is 27.7. The molecule has 0 aliphatic carbocycles. The van der Waals surface area contributed by atoms with E-state index in [-0.39, 0.29) is 0 Å². The van der Waals surface area contributed by atoms with Crippen LogP contribution in [0, 0.1) is 5.92 Å². The summed E-state index contributed by atoms with van der Waals surface area (Å²) in [7, 11) is 0. The van der Waals surface area contributed by atoms with Crippen LogP contribution in [0.4, 0.5) is 0 Å². The molecule has 0 spiro atoms. The highest BCUT2D eigenvalue weighted by molar-refractivity contribution is 4.98. The van der Waals surface area contributed by atoms with Crippen LogP contribution in [-0.2, 0) is 0 Å². The second-order valence-electron chi connectivity index (χ2n) is 13.3. The molecule has 0 saturated carbocycles. The largest absolute Gasteiger partial charge is 0.356 e. The van der Waals surface area contributed by atoms with Gasteiger partial charge in [0.2, 0.25) is 0 Å². The van der Waals surface area contributed by atoms with Crippen molar-refractivity contribution in [3.05, 3.63) is 12.4 Å². The van der Waals surface area contributed by atoms with Gasteiger partial charge in [-0.1, -0.05) is 188 Å². The van der Waals surface area contributed by atoms with Gasteiger partial charge in [0.1, 0.15) is 6.17 Å². The summed E-state index contributed by atoms with van der Waals surface area (Å²) in [6.07, 6.45) is 44.3. The van der Waals surface area contributed by atoms with E-state index < -0.39 is 0 Å². The van der Waals surface area contributed by atoms with Gasteiger partial charge in [-0.2, -0.15) is 0 Å². The topological polar surface area (TPSA) is 6.48 Å². The summed E-state index contributed by atoms with van der Waals surface area (Å²) in [6.45, 7) is 11.9. The lowest BCUT2D eigenvalue weighted by atomic mass is 10.0. The molecule has 232 valence electrons. The van der Waals surface area contributed by atoms with Gasteiger partial charge >= 0.3 is 0 Å². The lowest BCUT2D eigenvalue weighted by Crippen LogP contribution is -2.43. The molecular formula is C37H74N2. The van der Waals surface area contributed by atoms with Crippen molar-refractivity contribution in [3.8, 4) is 0 Å². The molecule has 0 aromatic rings. The molecule has 1 atom stereocenters. The monoisotopic (exact) mass is 547 g/mol. The molecule has 0 amide bonds. The molecule has 0 saturated heterocycles. The Morgan fingerprint density at radius 2 is 0.615 bits per heavy atom. The molecule has 1 aliphatic heterocycles. The third kappa shape index (κ3) is 20.8. The van der Waals surface area contributed by atoms with Crippen LogP contribution in [0.2, 0.25) is 0 Å². The van der Waals surface area contributed by atoms with Crippen molar-refractivity contribution >= 4 is 0 Å². The molecule has 1 rings (SSSR count). The SMILES string of the molecule is CCCCCCCCCCCCCCCCCCCN1C=CN(CCCCCCCCCCCC)C1C(C)C. The Kier molecular flexibility index (Phi) is 25.6. The zero-order valence-electron chi connectivity index (χ0n) is 27.7. The summed E-state index contributed by atoms with van der Waals surface area (Å²) in [6, 6.07) is 0. The van der Waals surface area contributed by atoms with Crippen LogP contribution in [0.3, 0.4) is 0 Å². The van der Waals surface area contributed by atoms with Crippen LogP contribution in [0.15, 0.2) is 12.4 Å². The fourth-order valence-electron chi connectivity index (χ4n) is 6.52. The second-order valence-corrected chi connectivity index (χ2v) is 13.3. The third-order valence-corrected chi connectivity index (χ3v) is 9.02. The number of nitrogens with zero attached hydrogens (tertiary/aromatic N) is 2. The van der Waals surface area contributed by atoms with Gasteiger partial charge in [0, 0.05) is 25.5 Å². The second kappa shape index (κ2) is 27.5. The van der Waals surface area contributed by atoms with E-state index >= 15 is 0 Å². The predicted octanol–water partition coefficient (Wildman–Crippen LogP) is 12.6. The lowest BCUT2D eigenvalue weighted by Gasteiger charge is -2.36. The molecular weight excluding hydrogens is 472 g/mol. The minimum atomic E-state index is 0.588. The molecule has 0 bridgehead atoms. The molecule has 0 fully saturated rings. The summed E-state index contributed by atoms with van der Waals surface area (Å²) in [5.74, 6) is 0.689. The highest BCUT2D eigenvalue weighted by atomic mass is 15.4. The summed E-state index contributed by atoms with van der Waals surface area (Å²) < 4.78 is 0. The average molecular weight is 547 g/mol. The van der Waals surface area contributed by atoms with Crippen LogP contribution in [-0.4, -0.2) is 29.1 Å². The molecule has 1 aliphatic rings. The Labute approximate surface area is 248 Å². The molecule has 0 N–H and O–H groups in total. The molecule has 2 nitrogen and oxygen atoms in total. The van der Waals surface area contributed by atoms with Gasteiger partial charge in [0.05, 0.1) is 0 Å². The molecule has 2 heteroatoms. The van der Waals surface area contributed by atoms with Crippen LogP contribution in [0.25, 0.3) is 0 Å². The maximum atomic E-state index is 2.65. The quantitative estimate of drug-likeness (QED) is 0.0826. The van der Waals surface area contributed by atoms with E-state index in [1.54, 1.807) is 0 Å². The van der Waals surface area contributed by atoms with Crippen molar-refractivity contribution in [2.75, 3.05) is 13.1 Å². The third-order valence-electron chi connectivity index (χ3n) is 9.02. The molecule has 1 heterocycles. The van der Waals surface area contributed by atoms with Crippen molar-refractivity contribution in [2.45, 2.75) is 207 Å². The van der Waals surface area contributed by atoms with E-state index in [9.17, 15) is 0 Å². The normalized spacial score (nSPS) is 15.4. The van der Waals surface area contributed by atoms with Crippen molar-refractivity contribution in [3.63, 3.8) is 0 Å². The lowest BCUT2D eigenvalue weighted by molar-refractivity contribution is 0.104. The smallest absolute Gasteiger partial charge is 0.103 e. The van der Waals surface area contributed by atoms with E-state index in [0.29, 0.717) is 12.1 Å². The first-order chi connectivity index (χ1) is 19.2. The van der Waals surface area contributed by atoms with Gasteiger partial charge < -0.3 is 9.80 Å². The number of unbranched alkanes of at least 4 members (excludes halogenated alkanes) is 25. The Balaban J connectivity index is 1.94. The molecule has 1 unspecified atom stereocenters. The number of rotatable bonds is 30. The van der Waals surface area contributed by atoms with Crippen LogP contribution >= 0.6 is 0 Å². The molecule has 0 aromatic carbocycles. The Morgan fingerprint density at radius 1 is 0.385 bits per heavy atom. The average Bonchev–Trinajstić information content (AvgIpc) is 3.34. The van der Waals surface area contributed by atoms with Crippen molar-refractivity contribution in [1.82, 2.24) is 9.80 Å². The fraction of sp³-hybridized carbons (Fsp3) is 0.946. The van der Waals surface area contributed by atoms with Gasteiger partial charge in [-0.05, 0) is 18.8 Å². The fourth-order valence-corrected chi connectivity index (χ4v) is 6.52. The summed E-state index contributed by atoms with van der Waals surface area (Å²) in [5.41, 5.74) is 0. The van der Waals surface area contributed by atoms with Crippen molar-refractivity contribution in [1.29, 1.82) is 0 Å². The Hall–Kier alpha value is -0.660. The molecule has 0 aromatic heterocycles. The van der Waals surface area contributed by atoms with E-state index in [1.807, 2.05) is 0 Å². The van der Waals surface area contributed by atoms with Crippen LogP contribution in [0.5, 0.6) is 0 Å². The summed E-state index contributed by atoms with van der Waals surface area (Å²) in [5, 5.41) is 0. The van der Waals surface area contributed by atoms with Crippen LogP contribution in [0.1, 0.15) is 201 Å². The van der Waals surface area contributed by atoms with E-state index in [1.165, 1.54) is 186 Å². The molecule has 0 radical (unpaired) electrons. The van der Waals surface area contributed by atoms with Gasteiger partial charge in [0.25, 0.3) is 0 Å². The first-order valence-corrected chi connectivity index (χ1v) is 18.4. The summed E-state index contributed by atoms with van der Waals surface area (Å²) in [4.78, 5) is 5.29. The maximum Gasteiger partial charge on any atom is 0.103 e. The number of hydrogen-bond acceptors (Lipinski definition) is 2. The van der Waals surface area contributed by atoms with E-state index in [2.05, 4.69) is 49.9 Å². The van der Waals surface area contributed by atoms with E-state index in [0.717, 1.165) is 0 Å². The standard InChI is InChI=1S/C37H74N2/c1-5-7-9-11-13-15-17-18-19-20-21-22-23-25-27-29-31-33-39-35-34-38(37(39)36(3)4)32-30-28-26-24-16-14-12-10-8-6-2/h34-37H,5-33H2,1-4H3. The minimum absolute atomic E-state index is 0.588. The Bertz CT molecular complexity index is 514. The maximum absolute atomic E-state index is 2.65. The van der Waals surface area contributed by atoms with Gasteiger partial charge in [-0.3, -0.25) is 0 Å². The Morgan fingerprint density at radius 3 is 0.846 bits per heavy atom. The highest BCUT2D eigenvalue weighted by Crippen LogP contribution is 2.24. The van der Waals surface area contributed by atoms with E-state index in [4.69, 9.17) is 0 Å². The predicted molar refractivity (Wildman–Crippen MR) is 177 cm³/mol. The summed E-state index contributed by atoms with van der Waals surface area (Å²) >= 11 is 0. The first-order valence-electron chi connectivity index (χ1n) is 18.4. The van der Waals surface area contributed by atoms with Gasteiger partial charge in [-0.15, -0.1) is 0 Å².